The summed E-state index contributed by atoms with van der Waals surface area (Å²) in [6.07, 6.45) is 1.80. The van der Waals surface area contributed by atoms with Gasteiger partial charge in [-0.15, -0.1) is 11.3 Å². The molecule has 0 aliphatic rings. The van der Waals surface area contributed by atoms with Crippen LogP contribution < -0.4 is 16.4 Å². The maximum atomic E-state index is 12.4. The number of hydrogen-bond donors (Lipinski definition) is 3. The summed E-state index contributed by atoms with van der Waals surface area (Å²) < 4.78 is 0. The number of thiazole rings is 1. The second-order valence-electron chi connectivity index (χ2n) is 5.81. The van der Waals surface area contributed by atoms with Crippen molar-refractivity contribution in [2.45, 2.75) is 32.6 Å². The molecule has 24 heavy (non-hydrogen) atoms. The summed E-state index contributed by atoms with van der Waals surface area (Å²) in [5, 5.41) is 6.13. The van der Waals surface area contributed by atoms with Crippen molar-refractivity contribution < 1.29 is 9.59 Å². The van der Waals surface area contributed by atoms with Crippen molar-refractivity contribution in [1.82, 2.24) is 4.98 Å². The molecule has 1 atom stereocenters. The highest BCUT2D eigenvalue weighted by Gasteiger charge is 2.17. The standard InChI is InChI=1S/C17H22N4O2S/c1-10(2)14-9-19-17(24-14)21-16(23)11(3)12-4-6-13(7-5-12)20-15(22)8-18/h4-7,9-11H,8,18H2,1-3H3,(H,20,22)(H,19,21,23)/t11-/m0/s1. The molecule has 2 rings (SSSR count). The molecule has 0 saturated carbocycles. The average Bonchev–Trinajstić information content (AvgIpc) is 3.03. The minimum Gasteiger partial charge on any atom is -0.325 e. The molecule has 0 spiro atoms. The Bertz CT molecular complexity index is 710. The maximum Gasteiger partial charge on any atom is 0.238 e. The second-order valence-corrected chi connectivity index (χ2v) is 6.87. The van der Waals surface area contributed by atoms with Gasteiger partial charge < -0.3 is 16.4 Å². The molecule has 0 aliphatic heterocycles. The first-order valence-electron chi connectivity index (χ1n) is 7.77. The van der Waals surface area contributed by atoms with E-state index in [0.29, 0.717) is 16.7 Å². The predicted octanol–water partition coefficient (Wildman–Crippen LogP) is 2.91. The van der Waals surface area contributed by atoms with Crippen LogP contribution in [0.15, 0.2) is 30.5 Å². The molecule has 4 N–H and O–H groups in total. The smallest absolute Gasteiger partial charge is 0.238 e. The van der Waals surface area contributed by atoms with E-state index < -0.39 is 0 Å². The SMILES string of the molecule is CC(C)c1cnc(NC(=O)[C@@H](C)c2ccc(NC(=O)CN)cc2)s1. The number of anilines is 2. The highest BCUT2D eigenvalue weighted by molar-refractivity contribution is 7.15. The molecule has 2 amide bonds. The molecule has 1 aromatic carbocycles. The Morgan fingerprint density at radius 1 is 1.17 bits per heavy atom. The predicted molar refractivity (Wildman–Crippen MR) is 97.4 cm³/mol. The third kappa shape index (κ3) is 4.62. The lowest BCUT2D eigenvalue weighted by atomic mass is 10.0. The number of hydrogen-bond acceptors (Lipinski definition) is 5. The number of nitrogens with one attached hydrogen (secondary N) is 2. The Morgan fingerprint density at radius 3 is 2.38 bits per heavy atom. The summed E-state index contributed by atoms with van der Waals surface area (Å²) in [6.45, 7) is 5.95. The zero-order chi connectivity index (χ0) is 17.7. The largest absolute Gasteiger partial charge is 0.325 e. The Morgan fingerprint density at radius 2 is 1.83 bits per heavy atom. The highest BCUT2D eigenvalue weighted by atomic mass is 32.1. The van der Waals surface area contributed by atoms with Gasteiger partial charge in [-0.3, -0.25) is 9.59 Å². The van der Waals surface area contributed by atoms with E-state index in [9.17, 15) is 9.59 Å². The Balaban J connectivity index is 2.00. The number of benzene rings is 1. The molecule has 0 radical (unpaired) electrons. The monoisotopic (exact) mass is 346 g/mol. The van der Waals surface area contributed by atoms with Crippen LogP contribution in [0.3, 0.4) is 0 Å². The van der Waals surface area contributed by atoms with Gasteiger partial charge in [-0.25, -0.2) is 4.98 Å². The average molecular weight is 346 g/mol. The fourth-order valence-corrected chi connectivity index (χ4v) is 2.86. The van der Waals surface area contributed by atoms with Crippen LogP contribution in [0.2, 0.25) is 0 Å². The van der Waals surface area contributed by atoms with Gasteiger partial charge in [0.15, 0.2) is 5.13 Å². The van der Waals surface area contributed by atoms with Crippen LogP contribution in [0.4, 0.5) is 10.8 Å². The zero-order valence-electron chi connectivity index (χ0n) is 14.0. The van der Waals surface area contributed by atoms with Crippen molar-refractivity contribution in [3.8, 4) is 0 Å². The maximum absolute atomic E-state index is 12.4. The summed E-state index contributed by atoms with van der Waals surface area (Å²) in [5.41, 5.74) is 6.78. The lowest BCUT2D eigenvalue weighted by Crippen LogP contribution is -2.22. The number of nitrogens with zero attached hydrogens (tertiary/aromatic N) is 1. The van der Waals surface area contributed by atoms with Gasteiger partial charge in [0, 0.05) is 16.8 Å². The molecule has 0 fully saturated rings. The van der Waals surface area contributed by atoms with E-state index in [4.69, 9.17) is 5.73 Å². The lowest BCUT2D eigenvalue weighted by Gasteiger charge is -2.12. The minimum absolute atomic E-state index is 0.0628. The molecule has 1 aromatic heterocycles. The summed E-state index contributed by atoms with van der Waals surface area (Å²) >= 11 is 1.49. The summed E-state index contributed by atoms with van der Waals surface area (Å²) in [5.74, 6) is -0.297. The van der Waals surface area contributed by atoms with E-state index in [1.807, 2.05) is 19.1 Å². The fraction of sp³-hybridized carbons (Fsp3) is 0.353. The van der Waals surface area contributed by atoms with Gasteiger partial charge in [-0.2, -0.15) is 0 Å². The normalized spacial score (nSPS) is 12.0. The molecule has 128 valence electrons. The van der Waals surface area contributed by atoms with Crippen LogP contribution in [0.1, 0.15) is 43.0 Å². The van der Waals surface area contributed by atoms with Crippen LogP contribution in [-0.2, 0) is 9.59 Å². The lowest BCUT2D eigenvalue weighted by molar-refractivity contribution is -0.117. The number of carbonyl (C=O) groups excluding carboxylic acids is 2. The Hall–Kier alpha value is -2.25. The Kier molecular flexibility index (Phi) is 6.05. The quantitative estimate of drug-likeness (QED) is 0.749. The third-order valence-electron chi connectivity index (χ3n) is 3.60. The van der Waals surface area contributed by atoms with E-state index >= 15 is 0 Å². The third-order valence-corrected chi connectivity index (χ3v) is 4.81. The molecule has 0 saturated heterocycles. The number of nitrogens with two attached hydrogens (primary N) is 1. The number of carbonyl (C=O) groups is 2. The number of aromatic nitrogens is 1. The molecule has 0 bridgehead atoms. The van der Waals surface area contributed by atoms with Gasteiger partial charge in [0.25, 0.3) is 0 Å². The van der Waals surface area contributed by atoms with Gasteiger partial charge in [0.05, 0.1) is 12.5 Å². The zero-order valence-corrected chi connectivity index (χ0v) is 14.8. The highest BCUT2D eigenvalue weighted by Crippen LogP contribution is 2.26. The van der Waals surface area contributed by atoms with Crippen LogP contribution in [0.25, 0.3) is 0 Å². The van der Waals surface area contributed by atoms with E-state index in [2.05, 4.69) is 29.5 Å². The molecular formula is C17H22N4O2S. The summed E-state index contributed by atoms with van der Waals surface area (Å²) in [7, 11) is 0. The van der Waals surface area contributed by atoms with Crippen molar-refractivity contribution in [3.63, 3.8) is 0 Å². The van der Waals surface area contributed by atoms with Gasteiger partial charge in [0.2, 0.25) is 11.8 Å². The first-order chi connectivity index (χ1) is 11.4. The molecule has 7 heteroatoms. The van der Waals surface area contributed by atoms with Gasteiger partial charge in [0.1, 0.15) is 0 Å². The van der Waals surface area contributed by atoms with Crippen molar-refractivity contribution in [1.29, 1.82) is 0 Å². The molecule has 2 aromatic rings. The van der Waals surface area contributed by atoms with Crippen molar-refractivity contribution in [3.05, 3.63) is 40.9 Å². The van der Waals surface area contributed by atoms with Crippen LogP contribution >= 0.6 is 11.3 Å². The first kappa shape index (κ1) is 18.1. The summed E-state index contributed by atoms with van der Waals surface area (Å²) in [4.78, 5) is 29.0. The van der Waals surface area contributed by atoms with Crippen LogP contribution in [0, 0.1) is 0 Å². The minimum atomic E-state index is -0.323. The van der Waals surface area contributed by atoms with Gasteiger partial charge in [-0.05, 0) is 30.5 Å². The van der Waals surface area contributed by atoms with Crippen LogP contribution in [-0.4, -0.2) is 23.3 Å². The molecule has 1 heterocycles. The molecule has 6 nitrogen and oxygen atoms in total. The fourth-order valence-electron chi connectivity index (χ4n) is 2.04. The molecular weight excluding hydrogens is 324 g/mol. The van der Waals surface area contributed by atoms with E-state index in [1.165, 1.54) is 11.3 Å². The van der Waals surface area contributed by atoms with Crippen LogP contribution in [0.5, 0.6) is 0 Å². The van der Waals surface area contributed by atoms with Gasteiger partial charge >= 0.3 is 0 Å². The molecule has 0 unspecified atom stereocenters. The van der Waals surface area contributed by atoms with E-state index in [-0.39, 0.29) is 24.3 Å². The second kappa shape index (κ2) is 8.03. The van der Waals surface area contributed by atoms with Crippen molar-refractivity contribution in [2.24, 2.45) is 5.73 Å². The van der Waals surface area contributed by atoms with E-state index in [1.54, 1.807) is 18.3 Å². The Labute approximate surface area is 145 Å². The van der Waals surface area contributed by atoms with Crippen molar-refractivity contribution in [2.75, 3.05) is 17.2 Å². The topological polar surface area (TPSA) is 97.1 Å². The summed E-state index contributed by atoms with van der Waals surface area (Å²) in [6, 6.07) is 7.15. The molecule has 0 aliphatic carbocycles. The van der Waals surface area contributed by atoms with Crippen molar-refractivity contribution >= 4 is 34.0 Å². The number of rotatable bonds is 6. The first-order valence-corrected chi connectivity index (χ1v) is 8.58. The van der Waals surface area contributed by atoms with Gasteiger partial charge in [-0.1, -0.05) is 26.0 Å². The van der Waals surface area contributed by atoms with E-state index in [0.717, 1.165) is 10.4 Å². The number of amides is 2.